The molecule has 4 heteroatoms. The molecule has 1 atom stereocenters. The molecule has 0 spiro atoms. The highest BCUT2D eigenvalue weighted by atomic mass is 127. The average Bonchev–Trinajstić information content (AvgIpc) is 3.01. The molecule has 1 heterocycles. The second kappa shape index (κ2) is 8.90. The van der Waals surface area contributed by atoms with Gasteiger partial charge < -0.3 is 0 Å². The maximum atomic E-state index is 5.52. The number of amidine groups is 1. The van der Waals surface area contributed by atoms with Crippen molar-refractivity contribution >= 4 is 29.8 Å². The number of nitrogens with one attached hydrogen (secondary N) is 1. The third-order valence-corrected chi connectivity index (χ3v) is 3.20. The van der Waals surface area contributed by atoms with Gasteiger partial charge in [0.2, 0.25) is 6.23 Å². The molecule has 0 fully saturated rings. The molecule has 3 nitrogen and oxygen atoms in total. The van der Waals surface area contributed by atoms with Crippen molar-refractivity contribution in [1.29, 1.82) is 0 Å². The summed E-state index contributed by atoms with van der Waals surface area (Å²) in [5, 5.41) is 0. The summed E-state index contributed by atoms with van der Waals surface area (Å²) in [5.74, 6) is 0.783. The first-order valence-electron chi connectivity index (χ1n) is 7.35. The van der Waals surface area contributed by atoms with E-state index < -0.39 is 0 Å². The van der Waals surface area contributed by atoms with Crippen LogP contribution < -0.4 is 5.48 Å². The lowest BCUT2D eigenvalue weighted by atomic mass is 10.1. The Morgan fingerprint density at radius 2 is 1.36 bits per heavy atom. The highest BCUT2D eigenvalue weighted by molar-refractivity contribution is 14.0. The lowest BCUT2D eigenvalue weighted by molar-refractivity contribution is 0.0377. The smallest absolute Gasteiger partial charge is 0.202 e. The van der Waals surface area contributed by atoms with Crippen molar-refractivity contribution in [2.45, 2.75) is 33.9 Å². The Hall–Kier alpha value is -1.40. The summed E-state index contributed by atoms with van der Waals surface area (Å²) < 4.78 is 0. The zero-order valence-electron chi connectivity index (χ0n) is 13.5. The normalized spacial score (nSPS) is 15.8. The molecule has 3 rings (SSSR count). The molecule has 22 heavy (non-hydrogen) atoms. The minimum Gasteiger partial charge on any atom is -0.246 e. The molecule has 1 aliphatic heterocycles. The number of benzene rings is 2. The van der Waals surface area contributed by atoms with Gasteiger partial charge in [-0.2, -0.15) is 0 Å². The Bertz CT molecular complexity index is 606. The van der Waals surface area contributed by atoms with E-state index in [4.69, 9.17) is 4.84 Å². The highest BCUT2D eigenvalue weighted by Gasteiger charge is 2.20. The largest absolute Gasteiger partial charge is 0.246 e. The first-order chi connectivity index (χ1) is 10.2. The van der Waals surface area contributed by atoms with E-state index in [1.807, 2.05) is 38.1 Å². The maximum absolute atomic E-state index is 5.52. The van der Waals surface area contributed by atoms with Gasteiger partial charge >= 0.3 is 0 Å². The predicted molar refractivity (Wildman–Crippen MR) is 103 cm³/mol. The van der Waals surface area contributed by atoms with Crippen molar-refractivity contribution in [3.05, 3.63) is 70.8 Å². The van der Waals surface area contributed by atoms with Gasteiger partial charge in [0.1, 0.15) is 0 Å². The number of hydroxylamine groups is 1. The second-order valence-corrected chi connectivity index (χ2v) is 4.83. The summed E-state index contributed by atoms with van der Waals surface area (Å²) in [4.78, 5) is 10.1. The van der Waals surface area contributed by atoms with E-state index in [1.165, 1.54) is 11.1 Å². The summed E-state index contributed by atoms with van der Waals surface area (Å²) in [6, 6.07) is 16.4. The molecule has 1 unspecified atom stereocenters. The highest BCUT2D eigenvalue weighted by Crippen LogP contribution is 2.23. The van der Waals surface area contributed by atoms with Crippen LogP contribution in [0.4, 0.5) is 0 Å². The molecule has 0 saturated heterocycles. The fraction of sp³-hybridized carbons (Fsp3) is 0.278. The van der Waals surface area contributed by atoms with E-state index in [9.17, 15) is 0 Å². The fourth-order valence-electron chi connectivity index (χ4n) is 2.00. The molecule has 118 valence electrons. The van der Waals surface area contributed by atoms with E-state index in [1.54, 1.807) is 0 Å². The summed E-state index contributed by atoms with van der Waals surface area (Å²) in [6.45, 7) is 8.14. The Balaban J connectivity index is 0.000000775. The van der Waals surface area contributed by atoms with E-state index >= 15 is 0 Å². The second-order valence-electron chi connectivity index (χ2n) is 4.83. The van der Waals surface area contributed by atoms with Crippen LogP contribution in [-0.4, -0.2) is 5.84 Å². The fourth-order valence-corrected chi connectivity index (χ4v) is 2.00. The SMILES string of the molecule is CC.Cc1ccc(C2=NC(c3ccc(C)cc3)ON2)cc1.I. The molecular weight excluding hydrogens is 387 g/mol. The number of nitrogens with zero attached hydrogens (tertiary/aromatic N) is 1. The molecule has 2 aromatic carbocycles. The molecular formula is C18H23IN2O. The number of aryl methyl sites for hydroxylation is 2. The number of hydrogen-bond acceptors (Lipinski definition) is 3. The molecule has 0 aromatic heterocycles. The molecule has 2 aromatic rings. The lowest BCUT2D eigenvalue weighted by Crippen LogP contribution is -2.17. The van der Waals surface area contributed by atoms with Gasteiger partial charge in [0.15, 0.2) is 5.84 Å². The third kappa shape index (κ3) is 4.55. The number of halogens is 1. The predicted octanol–water partition coefficient (Wildman–Crippen LogP) is 4.93. The Morgan fingerprint density at radius 1 is 0.864 bits per heavy atom. The van der Waals surface area contributed by atoms with Crippen molar-refractivity contribution < 1.29 is 4.84 Å². The van der Waals surface area contributed by atoms with E-state index in [2.05, 4.69) is 48.6 Å². The number of rotatable bonds is 2. The minimum atomic E-state index is -0.267. The Morgan fingerprint density at radius 3 is 1.91 bits per heavy atom. The quantitative estimate of drug-likeness (QED) is 0.713. The zero-order chi connectivity index (χ0) is 15.2. The van der Waals surface area contributed by atoms with Gasteiger partial charge in [-0.25, -0.2) is 15.3 Å². The van der Waals surface area contributed by atoms with Crippen LogP contribution in [0.2, 0.25) is 0 Å². The first kappa shape index (κ1) is 18.6. The van der Waals surface area contributed by atoms with Gasteiger partial charge in [-0.3, -0.25) is 0 Å². The molecule has 0 amide bonds. The standard InChI is InChI=1S/C16H16N2O.C2H6.HI/c1-11-3-7-13(8-4-11)15-17-16(19-18-15)14-9-5-12(2)6-10-14;1-2;/h3-10,16H,1-2H3,(H,17,18);1-2H3;1H. The topological polar surface area (TPSA) is 33.6 Å². The molecule has 1 aliphatic rings. The Labute approximate surface area is 149 Å². The van der Waals surface area contributed by atoms with Crippen LogP contribution in [0.25, 0.3) is 0 Å². The van der Waals surface area contributed by atoms with E-state index in [-0.39, 0.29) is 30.2 Å². The summed E-state index contributed by atoms with van der Waals surface area (Å²) in [7, 11) is 0. The summed E-state index contributed by atoms with van der Waals surface area (Å²) in [6.07, 6.45) is -0.267. The van der Waals surface area contributed by atoms with Crippen molar-refractivity contribution in [3.63, 3.8) is 0 Å². The van der Waals surface area contributed by atoms with Crippen LogP contribution in [0.3, 0.4) is 0 Å². The molecule has 1 N–H and O–H groups in total. The van der Waals surface area contributed by atoms with Crippen LogP contribution in [0.1, 0.15) is 42.3 Å². The van der Waals surface area contributed by atoms with Gasteiger partial charge in [-0.1, -0.05) is 73.5 Å². The molecule has 0 saturated carbocycles. The lowest BCUT2D eigenvalue weighted by Gasteiger charge is -2.05. The van der Waals surface area contributed by atoms with Crippen LogP contribution in [0, 0.1) is 13.8 Å². The maximum Gasteiger partial charge on any atom is 0.202 e. The summed E-state index contributed by atoms with van der Waals surface area (Å²) in [5.41, 5.74) is 7.47. The van der Waals surface area contributed by atoms with Crippen molar-refractivity contribution in [1.82, 2.24) is 5.48 Å². The van der Waals surface area contributed by atoms with Crippen molar-refractivity contribution in [2.24, 2.45) is 4.99 Å². The van der Waals surface area contributed by atoms with Crippen LogP contribution in [0.15, 0.2) is 53.5 Å². The summed E-state index contributed by atoms with van der Waals surface area (Å²) >= 11 is 0. The molecule has 0 aliphatic carbocycles. The van der Waals surface area contributed by atoms with Crippen LogP contribution in [0.5, 0.6) is 0 Å². The minimum absolute atomic E-state index is 0. The molecule has 0 bridgehead atoms. The van der Waals surface area contributed by atoms with E-state index in [0.717, 1.165) is 17.0 Å². The molecule has 0 radical (unpaired) electrons. The van der Waals surface area contributed by atoms with Gasteiger partial charge in [-0.05, 0) is 13.8 Å². The van der Waals surface area contributed by atoms with Gasteiger partial charge in [-0.15, -0.1) is 24.0 Å². The zero-order valence-corrected chi connectivity index (χ0v) is 15.8. The number of hydrogen-bond donors (Lipinski definition) is 1. The van der Waals surface area contributed by atoms with Crippen molar-refractivity contribution in [2.75, 3.05) is 0 Å². The van der Waals surface area contributed by atoms with Gasteiger partial charge in [0, 0.05) is 11.1 Å². The van der Waals surface area contributed by atoms with Crippen molar-refractivity contribution in [3.8, 4) is 0 Å². The number of aliphatic imine (C=N–C) groups is 1. The van der Waals surface area contributed by atoms with Crippen LogP contribution >= 0.6 is 24.0 Å². The van der Waals surface area contributed by atoms with Crippen LogP contribution in [-0.2, 0) is 4.84 Å². The first-order valence-corrected chi connectivity index (χ1v) is 7.35. The van der Waals surface area contributed by atoms with Gasteiger partial charge in [0.25, 0.3) is 0 Å². The Kier molecular flexibility index (Phi) is 7.55. The van der Waals surface area contributed by atoms with E-state index in [0.29, 0.717) is 0 Å². The average molecular weight is 410 g/mol. The van der Waals surface area contributed by atoms with Gasteiger partial charge in [0.05, 0.1) is 0 Å². The monoisotopic (exact) mass is 410 g/mol. The third-order valence-electron chi connectivity index (χ3n) is 3.20.